The summed E-state index contributed by atoms with van der Waals surface area (Å²) in [4.78, 5) is 34.7. The van der Waals surface area contributed by atoms with Crippen molar-refractivity contribution in [1.29, 1.82) is 0 Å². The fourth-order valence-corrected chi connectivity index (χ4v) is 2.24. The largest absolute Gasteiger partial charge is 0.506 e. The summed E-state index contributed by atoms with van der Waals surface area (Å²) < 4.78 is 1.27. The van der Waals surface area contributed by atoms with Crippen LogP contribution in [0.25, 0.3) is 10.9 Å². The third-order valence-corrected chi connectivity index (χ3v) is 3.47. The maximum absolute atomic E-state index is 12.3. The maximum Gasteiger partial charge on any atom is 0.322 e. The maximum atomic E-state index is 12.3. The third kappa shape index (κ3) is 2.65. The first kappa shape index (κ1) is 15.6. The number of carbonyl (C=O) groups is 2. The highest BCUT2D eigenvalue weighted by Crippen LogP contribution is 2.26. The van der Waals surface area contributed by atoms with E-state index < -0.39 is 35.3 Å². The molecule has 116 valence electrons. The molecule has 1 aromatic carbocycles. The zero-order chi connectivity index (χ0) is 16.4. The summed E-state index contributed by atoms with van der Waals surface area (Å²) in [5, 5.41) is 21.2. The van der Waals surface area contributed by atoms with E-state index in [1.807, 2.05) is 6.92 Å². The van der Waals surface area contributed by atoms with Crippen LogP contribution in [0.3, 0.4) is 0 Å². The number of aromatic hydroxyl groups is 1. The van der Waals surface area contributed by atoms with Gasteiger partial charge in [-0.25, -0.2) is 0 Å². The third-order valence-electron chi connectivity index (χ3n) is 3.47. The lowest BCUT2D eigenvalue weighted by Gasteiger charge is -2.12. The molecule has 7 heteroatoms. The summed E-state index contributed by atoms with van der Waals surface area (Å²) in [5.74, 6) is -2.59. The van der Waals surface area contributed by atoms with Crippen LogP contribution in [0.2, 0.25) is 0 Å². The van der Waals surface area contributed by atoms with Crippen LogP contribution in [0.1, 0.15) is 22.8 Å². The Morgan fingerprint density at radius 3 is 2.59 bits per heavy atom. The molecule has 2 rings (SSSR count). The SMILES string of the molecule is CCc1ccc2c(O)c(C(=O)NCC(=O)O)c(=O)n(C)c2c1. The van der Waals surface area contributed by atoms with Crippen molar-refractivity contribution in [3.05, 3.63) is 39.7 Å². The number of aryl methyl sites for hydroxylation is 2. The van der Waals surface area contributed by atoms with Crippen molar-refractivity contribution in [2.45, 2.75) is 13.3 Å². The number of aromatic nitrogens is 1. The summed E-state index contributed by atoms with van der Waals surface area (Å²) in [6.45, 7) is 1.33. The molecule has 1 heterocycles. The molecule has 3 N–H and O–H groups in total. The van der Waals surface area contributed by atoms with E-state index in [9.17, 15) is 19.5 Å². The number of nitrogens with zero attached hydrogens (tertiary/aromatic N) is 1. The number of benzene rings is 1. The Balaban J connectivity index is 2.64. The number of hydrogen-bond acceptors (Lipinski definition) is 4. The second-order valence-corrected chi connectivity index (χ2v) is 4.87. The van der Waals surface area contributed by atoms with Crippen molar-refractivity contribution in [3.63, 3.8) is 0 Å². The van der Waals surface area contributed by atoms with E-state index >= 15 is 0 Å². The average molecular weight is 304 g/mol. The number of carboxylic acid groups (broad SMARTS) is 1. The fraction of sp³-hybridized carbons (Fsp3) is 0.267. The van der Waals surface area contributed by atoms with Crippen LogP contribution in [0.15, 0.2) is 23.0 Å². The summed E-state index contributed by atoms with van der Waals surface area (Å²) in [5.41, 5.74) is 0.364. The van der Waals surface area contributed by atoms with E-state index in [0.29, 0.717) is 10.9 Å². The molecule has 1 amide bonds. The van der Waals surface area contributed by atoms with Crippen LogP contribution in [-0.4, -0.2) is 33.2 Å². The van der Waals surface area contributed by atoms with Gasteiger partial charge in [0.15, 0.2) is 0 Å². The Kier molecular flexibility index (Phi) is 4.16. The molecule has 0 bridgehead atoms. The molecule has 2 aromatic rings. The molecule has 1 aromatic heterocycles. The summed E-state index contributed by atoms with van der Waals surface area (Å²) in [7, 11) is 1.50. The molecule has 0 fully saturated rings. The number of carboxylic acids is 1. The predicted molar refractivity (Wildman–Crippen MR) is 80.2 cm³/mol. The highest BCUT2D eigenvalue weighted by atomic mass is 16.4. The topological polar surface area (TPSA) is 109 Å². The van der Waals surface area contributed by atoms with Crippen molar-refractivity contribution >= 4 is 22.8 Å². The van der Waals surface area contributed by atoms with Gasteiger partial charge in [-0.1, -0.05) is 13.0 Å². The van der Waals surface area contributed by atoms with Crippen molar-refractivity contribution in [2.24, 2.45) is 7.05 Å². The van der Waals surface area contributed by atoms with E-state index in [4.69, 9.17) is 5.11 Å². The van der Waals surface area contributed by atoms with Crippen LogP contribution >= 0.6 is 0 Å². The monoisotopic (exact) mass is 304 g/mol. The number of pyridine rings is 1. The number of fused-ring (bicyclic) bond motifs is 1. The zero-order valence-corrected chi connectivity index (χ0v) is 12.2. The van der Waals surface area contributed by atoms with Crippen LogP contribution in [0.4, 0.5) is 0 Å². The quantitative estimate of drug-likeness (QED) is 0.767. The molecule has 0 aliphatic heterocycles. The van der Waals surface area contributed by atoms with Gasteiger partial charge < -0.3 is 20.1 Å². The molecule has 0 saturated carbocycles. The second-order valence-electron chi connectivity index (χ2n) is 4.87. The normalized spacial score (nSPS) is 10.6. The number of rotatable bonds is 4. The van der Waals surface area contributed by atoms with E-state index in [-0.39, 0.29) is 0 Å². The number of aliphatic carboxylic acids is 1. The van der Waals surface area contributed by atoms with E-state index in [0.717, 1.165) is 12.0 Å². The molecule has 0 saturated heterocycles. The lowest BCUT2D eigenvalue weighted by atomic mass is 10.1. The van der Waals surface area contributed by atoms with Gasteiger partial charge >= 0.3 is 5.97 Å². The van der Waals surface area contributed by atoms with Crippen LogP contribution in [0, 0.1) is 0 Å². The van der Waals surface area contributed by atoms with Gasteiger partial charge in [-0.05, 0) is 24.1 Å². The van der Waals surface area contributed by atoms with Crippen LogP contribution in [0.5, 0.6) is 5.75 Å². The molecule has 0 atom stereocenters. The fourth-order valence-electron chi connectivity index (χ4n) is 2.24. The minimum atomic E-state index is -1.24. The number of hydrogen-bond donors (Lipinski definition) is 3. The lowest BCUT2D eigenvalue weighted by molar-refractivity contribution is -0.135. The van der Waals surface area contributed by atoms with Crippen molar-refractivity contribution in [3.8, 4) is 5.75 Å². The first-order valence-corrected chi connectivity index (χ1v) is 6.71. The number of amides is 1. The predicted octanol–water partition coefficient (Wildman–Crippen LogP) is 0.621. The van der Waals surface area contributed by atoms with E-state index in [1.165, 1.54) is 11.6 Å². The van der Waals surface area contributed by atoms with Gasteiger partial charge in [-0.15, -0.1) is 0 Å². The first-order chi connectivity index (χ1) is 10.4. The lowest BCUT2D eigenvalue weighted by Crippen LogP contribution is -2.35. The van der Waals surface area contributed by atoms with Gasteiger partial charge in [-0.3, -0.25) is 14.4 Å². The Hall–Kier alpha value is -2.83. The summed E-state index contributed by atoms with van der Waals surface area (Å²) in [6, 6.07) is 5.21. The molecule has 0 spiro atoms. The second kappa shape index (κ2) is 5.88. The smallest absolute Gasteiger partial charge is 0.322 e. The Bertz CT molecular complexity index is 823. The van der Waals surface area contributed by atoms with Crippen molar-refractivity contribution in [1.82, 2.24) is 9.88 Å². The molecule has 0 aliphatic carbocycles. The highest BCUT2D eigenvalue weighted by molar-refractivity contribution is 6.03. The van der Waals surface area contributed by atoms with E-state index in [1.54, 1.807) is 18.2 Å². The van der Waals surface area contributed by atoms with Crippen LogP contribution in [-0.2, 0) is 18.3 Å². The van der Waals surface area contributed by atoms with Gasteiger partial charge in [0.1, 0.15) is 17.9 Å². The molecule has 0 radical (unpaired) electrons. The summed E-state index contributed by atoms with van der Waals surface area (Å²) in [6.07, 6.45) is 0.770. The molecular weight excluding hydrogens is 288 g/mol. The molecule has 0 unspecified atom stereocenters. The van der Waals surface area contributed by atoms with Gasteiger partial charge in [0.05, 0.1) is 5.52 Å². The van der Waals surface area contributed by atoms with Gasteiger partial charge in [-0.2, -0.15) is 0 Å². The van der Waals surface area contributed by atoms with Crippen molar-refractivity contribution in [2.75, 3.05) is 6.54 Å². The molecule has 7 nitrogen and oxygen atoms in total. The minimum absolute atomic E-state index is 0.361. The van der Waals surface area contributed by atoms with Crippen molar-refractivity contribution < 1.29 is 19.8 Å². The summed E-state index contributed by atoms with van der Waals surface area (Å²) >= 11 is 0. The first-order valence-electron chi connectivity index (χ1n) is 6.71. The number of carbonyl (C=O) groups excluding carboxylic acids is 1. The Labute approximate surface area is 125 Å². The standard InChI is InChI=1S/C15H16N2O5/c1-3-8-4-5-9-10(6-8)17(2)15(22)12(13(9)20)14(21)16-7-11(18)19/h4-6,20H,3,7H2,1-2H3,(H,16,21)(H,18,19). The van der Waals surface area contributed by atoms with E-state index in [2.05, 4.69) is 5.32 Å². The molecule has 22 heavy (non-hydrogen) atoms. The van der Waals surface area contributed by atoms with Gasteiger partial charge in [0.2, 0.25) is 0 Å². The molecule has 0 aliphatic rings. The molecular formula is C15H16N2O5. The Morgan fingerprint density at radius 1 is 1.32 bits per heavy atom. The van der Waals surface area contributed by atoms with Crippen LogP contribution < -0.4 is 10.9 Å². The zero-order valence-electron chi connectivity index (χ0n) is 12.2. The number of nitrogens with one attached hydrogen (secondary N) is 1. The Morgan fingerprint density at radius 2 is 2.00 bits per heavy atom. The van der Waals surface area contributed by atoms with Gasteiger partial charge in [0.25, 0.3) is 11.5 Å². The highest BCUT2D eigenvalue weighted by Gasteiger charge is 2.21. The minimum Gasteiger partial charge on any atom is -0.506 e. The average Bonchev–Trinajstić information content (AvgIpc) is 2.50. The van der Waals surface area contributed by atoms with Gasteiger partial charge in [0, 0.05) is 12.4 Å².